The van der Waals surface area contributed by atoms with E-state index in [-0.39, 0.29) is 29.6 Å². The molecule has 162 valence electrons. The summed E-state index contributed by atoms with van der Waals surface area (Å²) >= 11 is 2.36. The number of hydrogen-bond acceptors (Lipinski definition) is 8. The van der Waals surface area contributed by atoms with Crippen LogP contribution in [0.2, 0.25) is 0 Å². The number of ether oxygens (including phenoxy) is 1. The maximum atomic E-state index is 12.5. The summed E-state index contributed by atoms with van der Waals surface area (Å²) in [7, 11) is 0. The van der Waals surface area contributed by atoms with E-state index in [2.05, 4.69) is 20.3 Å². The number of rotatable bonds is 9. The Hall–Kier alpha value is -2.98. The highest BCUT2D eigenvalue weighted by Crippen LogP contribution is 2.20. The molecule has 0 spiro atoms. The van der Waals surface area contributed by atoms with Gasteiger partial charge in [0.1, 0.15) is 0 Å². The van der Waals surface area contributed by atoms with Gasteiger partial charge in [-0.2, -0.15) is 0 Å². The van der Waals surface area contributed by atoms with Crippen molar-refractivity contribution in [2.24, 2.45) is 0 Å². The topological polar surface area (TPSA) is 114 Å². The number of benzene rings is 1. The van der Waals surface area contributed by atoms with Gasteiger partial charge in [-0.15, -0.1) is 11.3 Å². The maximum Gasteiger partial charge on any atom is 0.311 e. The molecule has 8 nitrogen and oxygen atoms in total. The zero-order valence-electron chi connectivity index (χ0n) is 17.1. The molecular formula is C21H22N4O4S2. The van der Waals surface area contributed by atoms with Crippen molar-refractivity contribution in [1.29, 1.82) is 0 Å². The fourth-order valence-corrected chi connectivity index (χ4v) is 4.27. The third kappa shape index (κ3) is 6.76. The number of aryl methyl sites for hydroxylation is 1. The summed E-state index contributed by atoms with van der Waals surface area (Å²) in [5.41, 5.74) is 2.07. The average Bonchev–Trinajstić information content (AvgIpc) is 3.16. The highest BCUT2D eigenvalue weighted by Gasteiger charge is 2.13. The van der Waals surface area contributed by atoms with Gasteiger partial charge >= 0.3 is 5.97 Å². The van der Waals surface area contributed by atoms with Crippen LogP contribution in [0.3, 0.4) is 0 Å². The van der Waals surface area contributed by atoms with Crippen LogP contribution in [0.4, 0.5) is 5.13 Å². The van der Waals surface area contributed by atoms with E-state index in [1.54, 1.807) is 13.8 Å². The van der Waals surface area contributed by atoms with Gasteiger partial charge < -0.3 is 15.0 Å². The quantitative estimate of drug-likeness (QED) is 0.288. The van der Waals surface area contributed by atoms with Gasteiger partial charge in [0.05, 0.1) is 18.8 Å². The number of nitrogens with one attached hydrogen (secondary N) is 2. The number of amides is 1. The molecule has 2 N–H and O–H groups in total. The standard InChI is InChI=1S/C21H22N4O4S2/c1-3-29-18(27)10-15-11-22-20(31-15)24-17(26)12-30-21-23-13(2)16(19(28)25-21)9-14-7-5-4-6-8-14/h4-8,11H,3,9-10,12H2,1-2H3,(H,22,24,26)(H,23,25,28). The predicted molar refractivity (Wildman–Crippen MR) is 121 cm³/mol. The van der Waals surface area contributed by atoms with Crippen LogP contribution in [0.15, 0.2) is 46.5 Å². The summed E-state index contributed by atoms with van der Waals surface area (Å²) in [5.74, 6) is -0.552. The molecule has 1 amide bonds. The first-order valence-electron chi connectivity index (χ1n) is 9.61. The number of aromatic amines is 1. The van der Waals surface area contributed by atoms with Crippen molar-refractivity contribution in [3.05, 3.63) is 68.6 Å². The lowest BCUT2D eigenvalue weighted by molar-refractivity contribution is -0.142. The molecular weight excluding hydrogens is 436 g/mol. The van der Waals surface area contributed by atoms with Crippen LogP contribution < -0.4 is 10.9 Å². The summed E-state index contributed by atoms with van der Waals surface area (Å²) in [6.45, 7) is 3.86. The van der Waals surface area contributed by atoms with Gasteiger partial charge in [0, 0.05) is 28.8 Å². The molecule has 2 heterocycles. The number of carbonyl (C=O) groups excluding carboxylic acids is 2. The molecule has 31 heavy (non-hydrogen) atoms. The fraction of sp³-hybridized carbons (Fsp3) is 0.286. The lowest BCUT2D eigenvalue weighted by Crippen LogP contribution is -2.19. The summed E-state index contributed by atoms with van der Waals surface area (Å²) in [4.78, 5) is 48.2. The minimum atomic E-state index is -0.333. The Bertz CT molecular complexity index is 1110. The molecule has 10 heteroatoms. The van der Waals surface area contributed by atoms with Gasteiger partial charge in [-0.3, -0.25) is 14.4 Å². The molecule has 0 saturated heterocycles. The molecule has 3 rings (SSSR count). The monoisotopic (exact) mass is 458 g/mol. The zero-order valence-corrected chi connectivity index (χ0v) is 18.8. The maximum absolute atomic E-state index is 12.5. The third-order valence-corrected chi connectivity index (χ3v) is 5.97. The lowest BCUT2D eigenvalue weighted by Gasteiger charge is -2.07. The highest BCUT2D eigenvalue weighted by atomic mass is 32.2. The van der Waals surface area contributed by atoms with Crippen LogP contribution in [-0.2, 0) is 27.2 Å². The molecule has 0 atom stereocenters. The van der Waals surface area contributed by atoms with E-state index >= 15 is 0 Å². The van der Waals surface area contributed by atoms with E-state index in [9.17, 15) is 14.4 Å². The minimum Gasteiger partial charge on any atom is -0.466 e. The summed E-state index contributed by atoms with van der Waals surface area (Å²) in [6, 6.07) is 9.70. The van der Waals surface area contributed by atoms with E-state index in [0.29, 0.717) is 39.5 Å². The largest absolute Gasteiger partial charge is 0.466 e. The Morgan fingerprint density at radius 3 is 2.74 bits per heavy atom. The summed E-state index contributed by atoms with van der Waals surface area (Å²) in [5, 5.41) is 3.48. The number of esters is 1. The second kappa shape index (κ2) is 10.9. The first-order chi connectivity index (χ1) is 14.9. The van der Waals surface area contributed by atoms with Crippen molar-refractivity contribution in [1.82, 2.24) is 15.0 Å². The Kier molecular flexibility index (Phi) is 7.96. The van der Waals surface area contributed by atoms with E-state index in [1.165, 1.54) is 17.5 Å². The number of hydrogen-bond donors (Lipinski definition) is 2. The van der Waals surface area contributed by atoms with Crippen LogP contribution in [0.25, 0.3) is 0 Å². The number of aromatic nitrogens is 3. The number of thiazole rings is 1. The van der Waals surface area contributed by atoms with Gasteiger partial charge in [-0.25, -0.2) is 9.97 Å². The predicted octanol–water partition coefficient (Wildman–Crippen LogP) is 2.96. The van der Waals surface area contributed by atoms with Crippen LogP contribution in [0, 0.1) is 6.92 Å². The second-order valence-corrected chi connectivity index (χ2v) is 8.63. The molecule has 0 aliphatic rings. The molecule has 0 aliphatic carbocycles. The van der Waals surface area contributed by atoms with Crippen molar-refractivity contribution in [3.63, 3.8) is 0 Å². The Morgan fingerprint density at radius 1 is 1.26 bits per heavy atom. The number of H-pyrrole nitrogens is 1. The fourth-order valence-electron chi connectivity index (χ4n) is 2.75. The highest BCUT2D eigenvalue weighted by molar-refractivity contribution is 7.99. The van der Waals surface area contributed by atoms with Crippen LogP contribution in [0.1, 0.15) is 28.6 Å². The smallest absolute Gasteiger partial charge is 0.311 e. The van der Waals surface area contributed by atoms with Gasteiger partial charge in [0.2, 0.25) is 5.91 Å². The summed E-state index contributed by atoms with van der Waals surface area (Å²) < 4.78 is 4.90. The molecule has 3 aromatic rings. The molecule has 0 radical (unpaired) electrons. The van der Waals surface area contributed by atoms with Crippen molar-refractivity contribution in [2.45, 2.75) is 31.8 Å². The molecule has 0 aliphatic heterocycles. The van der Waals surface area contributed by atoms with E-state index in [0.717, 1.165) is 17.3 Å². The van der Waals surface area contributed by atoms with Gasteiger partial charge in [0.25, 0.3) is 5.56 Å². The number of carbonyl (C=O) groups is 2. The zero-order chi connectivity index (χ0) is 22.2. The Balaban J connectivity index is 1.55. The third-order valence-electron chi connectivity index (χ3n) is 4.19. The molecule has 0 bridgehead atoms. The van der Waals surface area contributed by atoms with Crippen molar-refractivity contribution in [2.75, 3.05) is 17.7 Å². The Morgan fingerprint density at radius 2 is 2.03 bits per heavy atom. The van der Waals surface area contributed by atoms with Crippen molar-refractivity contribution < 1.29 is 14.3 Å². The van der Waals surface area contributed by atoms with E-state index in [4.69, 9.17) is 4.74 Å². The van der Waals surface area contributed by atoms with Crippen LogP contribution in [-0.4, -0.2) is 39.2 Å². The molecule has 2 aromatic heterocycles. The Labute approximate surface area is 187 Å². The van der Waals surface area contributed by atoms with Crippen LogP contribution in [0.5, 0.6) is 0 Å². The SMILES string of the molecule is CCOC(=O)Cc1cnc(NC(=O)CSc2nc(C)c(Cc3ccccc3)c(=O)[nH]2)s1. The van der Waals surface area contributed by atoms with Crippen molar-refractivity contribution >= 4 is 40.1 Å². The van der Waals surface area contributed by atoms with Crippen LogP contribution >= 0.6 is 23.1 Å². The number of thioether (sulfide) groups is 1. The lowest BCUT2D eigenvalue weighted by atomic mass is 10.1. The molecule has 0 unspecified atom stereocenters. The molecule has 1 aromatic carbocycles. The summed E-state index contributed by atoms with van der Waals surface area (Å²) in [6.07, 6.45) is 2.16. The first kappa shape index (κ1) is 22.7. The van der Waals surface area contributed by atoms with Gasteiger partial charge in [-0.1, -0.05) is 42.1 Å². The molecule has 0 fully saturated rings. The number of nitrogens with zero attached hydrogens (tertiary/aromatic N) is 2. The van der Waals surface area contributed by atoms with Gasteiger partial charge in [0.15, 0.2) is 10.3 Å². The average molecular weight is 459 g/mol. The normalized spacial score (nSPS) is 10.6. The molecule has 0 saturated carbocycles. The minimum absolute atomic E-state index is 0.0627. The van der Waals surface area contributed by atoms with Gasteiger partial charge in [-0.05, 0) is 19.4 Å². The second-order valence-electron chi connectivity index (χ2n) is 6.55. The van der Waals surface area contributed by atoms with E-state index in [1.807, 2.05) is 30.3 Å². The number of anilines is 1. The first-order valence-corrected chi connectivity index (χ1v) is 11.4. The van der Waals surface area contributed by atoms with Crippen molar-refractivity contribution in [3.8, 4) is 0 Å². The van der Waals surface area contributed by atoms with E-state index < -0.39 is 0 Å².